The number of primary amides is 1. The maximum Gasteiger partial charge on any atom is 0.407 e. The van der Waals surface area contributed by atoms with E-state index >= 15 is 0 Å². The number of carboxylic acid groups (broad SMARTS) is 1. The lowest BCUT2D eigenvalue weighted by molar-refractivity contribution is 0.0556. The molecule has 7 nitrogen and oxygen atoms in total. The maximum absolute atomic E-state index is 14.0. The van der Waals surface area contributed by atoms with Crippen molar-refractivity contribution in [2.24, 2.45) is 5.73 Å². The van der Waals surface area contributed by atoms with Crippen LogP contribution in [0.3, 0.4) is 0 Å². The Bertz CT molecular complexity index is 698. The molecule has 0 aliphatic heterocycles. The molecule has 0 unspecified atom stereocenters. The zero-order chi connectivity index (χ0) is 19.6. The Morgan fingerprint density at radius 1 is 1.27 bits per heavy atom. The minimum atomic E-state index is -1.13. The highest BCUT2D eigenvalue weighted by Gasteiger charge is 2.35. The Kier molecular flexibility index (Phi) is 5.68. The molecular formula is C17H24F2N4O3. The minimum absolute atomic E-state index is 0.127. The maximum atomic E-state index is 14.0. The van der Waals surface area contributed by atoms with Crippen molar-refractivity contribution in [2.45, 2.75) is 64.1 Å². The number of nitrogens with two attached hydrogens (primary N) is 1. The zero-order valence-corrected chi connectivity index (χ0v) is 15.1. The van der Waals surface area contributed by atoms with Crippen LogP contribution in [0.15, 0.2) is 6.07 Å². The van der Waals surface area contributed by atoms with Gasteiger partial charge in [-0.3, -0.25) is 4.79 Å². The van der Waals surface area contributed by atoms with Gasteiger partial charge in [0.2, 0.25) is 5.95 Å². The Morgan fingerprint density at radius 2 is 1.85 bits per heavy atom. The van der Waals surface area contributed by atoms with E-state index in [-0.39, 0.29) is 17.9 Å². The molecule has 1 aliphatic rings. The van der Waals surface area contributed by atoms with Crippen LogP contribution >= 0.6 is 0 Å². The number of carbonyl (C=O) groups excluding carboxylic acids is 1. The average Bonchev–Trinajstić information content (AvgIpc) is 2.50. The summed E-state index contributed by atoms with van der Waals surface area (Å²) in [7, 11) is 0. The molecule has 0 bridgehead atoms. The molecule has 1 aromatic heterocycles. The monoisotopic (exact) mass is 370 g/mol. The number of halogens is 2. The van der Waals surface area contributed by atoms with Crippen molar-refractivity contribution in [1.29, 1.82) is 0 Å². The molecule has 4 N–H and O–H groups in total. The van der Waals surface area contributed by atoms with Crippen LogP contribution < -0.4 is 11.1 Å². The molecule has 1 fully saturated rings. The Hall–Kier alpha value is -2.45. The van der Waals surface area contributed by atoms with E-state index in [1.54, 1.807) is 0 Å². The van der Waals surface area contributed by atoms with Crippen molar-refractivity contribution in [3.05, 3.63) is 23.4 Å². The topological polar surface area (TPSA) is 109 Å². The molecule has 144 valence electrons. The first-order valence-corrected chi connectivity index (χ1v) is 8.45. The van der Waals surface area contributed by atoms with Crippen molar-refractivity contribution in [2.75, 3.05) is 5.32 Å². The molecule has 0 saturated heterocycles. The van der Waals surface area contributed by atoms with Gasteiger partial charge in [0.25, 0.3) is 5.91 Å². The lowest BCUT2D eigenvalue weighted by atomic mass is 9.88. The fourth-order valence-electron chi connectivity index (χ4n) is 3.40. The van der Waals surface area contributed by atoms with Crippen LogP contribution in [0, 0.1) is 11.8 Å². The molecule has 1 heterocycles. The van der Waals surface area contributed by atoms with Crippen LogP contribution in [0.2, 0.25) is 0 Å². The molecule has 26 heavy (non-hydrogen) atoms. The Balaban J connectivity index is 2.04. The van der Waals surface area contributed by atoms with Gasteiger partial charge in [-0.25, -0.2) is 9.18 Å². The summed E-state index contributed by atoms with van der Waals surface area (Å²) in [6.45, 7) is 5.52. The van der Waals surface area contributed by atoms with Gasteiger partial charge < -0.3 is 21.1 Å². The van der Waals surface area contributed by atoms with Crippen LogP contribution in [0.25, 0.3) is 0 Å². The molecule has 1 saturated carbocycles. The van der Waals surface area contributed by atoms with Gasteiger partial charge in [-0.1, -0.05) is 0 Å². The highest BCUT2D eigenvalue weighted by Crippen LogP contribution is 2.30. The van der Waals surface area contributed by atoms with E-state index in [0.29, 0.717) is 25.7 Å². The van der Waals surface area contributed by atoms with Gasteiger partial charge in [0, 0.05) is 17.6 Å². The first kappa shape index (κ1) is 19.9. The second-order valence-electron chi connectivity index (χ2n) is 7.49. The SMILES string of the molecule is CC(C)(C)N(C(=O)O)[C@H]1CC[C@H](Nc2nc(F)c(C(N)=O)cc2F)CC1. The van der Waals surface area contributed by atoms with Crippen LogP contribution in [0.5, 0.6) is 0 Å². The van der Waals surface area contributed by atoms with Crippen molar-refractivity contribution in [3.63, 3.8) is 0 Å². The van der Waals surface area contributed by atoms with Gasteiger partial charge in [0.05, 0.1) is 5.56 Å². The number of anilines is 1. The number of carbonyl (C=O) groups is 2. The summed E-state index contributed by atoms with van der Waals surface area (Å²) in [6, 6.07) is 0.435. The van der Waals surface area contributed by atoms with Gasteiger partial charge in [0.1, 0.15) is 0 Å². The highest BCUT2D eigenvalue weighted by atomic mass is 19.1. The average molecular weight is 370 g/mol. The standard InChI is InChI=1S/C17H24F2N4O3/c1-17(2,3)23(16(25)26)10-6-4-9(5-7-10)21-15-12(18)8-11(14(20)24)13(19)22-15/h8-10H,4-7H2,1-3H3,(H2,20,24)(H,21,22)(H,25,26)/t9-,10-. The van der Waals surface area contributed by atoms with E-state index in [2.05, 4.69) is 10.3 Å². The van der Waals surface area contributed by atoms with E-state index in [0.717, 1.165) is 6.07 Å². The molecule has 0 radical (unpaired) electrons. The van der Waals surface area contributed by atoms with E-state index < -0.39 is 34.9 Å². The van der Waals surface area contributed by atoms with Crippen LogP contribution in [-0.2, 0) is 0 Å². The molecular weight excluding hydrogens is 346 g/mol. The first-order chi connectivity index (χ1) is 12.0. The normalized spacial score (nSPS) is 20.5. The molecule has 9 heteroatoms. The quantitative estimate of drug-likeness (QED) is 0.706. The predicted octanol–water partition coefficient (Wildman–Crippen LogP) is 2.96. The van der Waals surface area contributed by atoms with E-state index in [1.807, 2.05) is 20.8 Å². The van der Waals surface area contributed by atoms with Crippen LogP contribution in [0.4, 0.5) is 19.4 Å². The van der Waals surface area contributed by atoms with Gasteiger partial charge >= 0.3 is 6.09 Å². The largest absolute Gasteiger partial charge is 0.465 e. The van der Waals surface area contributed by atoms with Gasteiger partial charge in [-0.05, 0) is 52.5 Å². The molecule has 0 spiro atoms. The number of nitrogens with one attached hydrogen (secondary N) is 1. The van der Waals surface area contributed by atoms with Crippen LogP contribution in [0.1, 0.15) is 56.8 Å². The first-order valence-electron chi connectivity index (χ1n) is 8.45. The predicted molar refractivity (Wildman–Crippen MR) is 92.0 cm³/mol. The Morgan fingerprint density at radius 3 is 2.31 bits per heavy atom. The third-order valence-electron chi connectivity index (χ3n) is 4.53. The van der Waals surface area contributed by atoms with Gasteiger partial charge in [0.15, 0.2) is 11.6 Å². The van der Waals surface area contributed by atoms with Crippen molar-refractivity contribution in [1.82, 2.24) is 9.88 Å². The lowest BCUT2D eigenvalue weighted by Crippen LogP contribution is -2.52. The smallest absolute Gasteiger partial charge is 0.407 e. The Labute approximate surface area is 150 Å². The third kappa shape index (κ3) is 4.39. The van der Waals surface area contributed by atoms with Crippen molar-refractivity contribution >= 4 is 17.8 Å². The summed E-state index contributed by atoms with van der Waals surface area (Å²) < 4.78 is 27.8. The summed E-state index contributed by atoms with van der Waals surface area (Å²) in [5.74, 6) is -3.34. The molecule has 1 aliphatic carbocycles. The van der Waals surface area contributed by atoms with Crippen LogP contribution in [-0.4, -0.2) is 44.6 Å². The number of nitrogens with zero attached hydrogens (tertiary/aromatic N) is 2. The second-order valence-corrected chi connectivity index (χ2v) is 7.49. The molecule has 1 aromatic rings. The minimum Gasteiger partial charge on any atom is -0.465 e. The second kappa shape index (κ2) is 7.43. The fourth-order valence-corrected chi connectivity index (χ4v) is 3.40. The lowest BCUT2D eigenvalue weighted by Gasteiger charge is -2.42. The molecule has 2 amide bonds. The number of rotatable bonds is 4. The molecule has 2 rings (SSSR count). The summed E-state index contributed by atoms with van der Waals surface area (Å²) >= 11 is 0. The summed E-state index contributed by atoms with van der Waals surface area (Å²) in [5, 5.41) is 12.3. The number of hydrogen-bond acceptors (Lipinski definition) is 4. The number of pyridine rings is 1. The number of hydrogen-bond donors (Lipinski definition) is 3. The third-order valence-corrected chi connectivity index (χ3v) is 4.53. The highest BCUT2D eigenvalue weighted by molar-refractivity contribution is 5.92. The van der Waals surface area contributed by atoms with Gasteiger partial charge in [-0.15, -0.1) is 0 Å². The summed E-state index contributed by atoms with van der Waals surface area (Å²) in [4.78, 5) is 27.5. The molecule has 0 aromatic carbocycles. The number of aromatic nitrogens is 1. The summed E-state index contributed by atoms with van der Waals surface area (Å²) in [5.41, 5.74) is 3.85. The molecule has 0 atom stereocenters. The van der Waals surface area contributed by atoms with E-state index in [1.165, 1.54) is 4.90 Å². The van der Waals surface area contributed by atoms with Crippen molar-refractivity contribution < 1.29 is 23.5 Å². The van der Waals surface area contributed by atoms with Gasteiger partial charge in [-0.2, -0.15) is 9.37 Å². The van der Waals surface area contributed by atoms with E-state index in [9.17, 15) is 23.5 Å². The number of amides is 2. The van der Waals surface area contributed by atoms with Crippen molar-refractivity contribution in [3.8, 4) is 0 Å². The summed E-state index contributed by atoms with van der Waals surface area (Å²) in [6.07, 6.45) is 1.41. The fraction of sp³-hybridized carbons (Fsp3) is 0.588. The van der Waals surface area contributed by atoms with E-state index in [4.69, 9.17) is 5.73 Å². The zero-order valence-electron chi connectivity index (χ0n) is 15.1.